The largest absolute Gasteiger partial charge is 0.390 e. The molecule has 1 unspecified atom stereocenters. The molecule has 0 aliphatic carbocycles. The normalized spacial score (nSPS) is 13.2. The summed E-state index contributed by atoms with van der Waals surface area (Å²) in [6, 6.07) is 4.17. The number of aliphatic hydroxyl groups excluding tert-OH is 1. The van der Waals surface area contributed by atoms with Gasteiger partial charge in [-0.05, 0) is 18.5 Å². The Morgan fingerprint density at radius 1 is 1.59 bits per heavy atom. The van der Waals surface area contributed by atoms with Crippen LogP contribution in [0, 0.1) is 0 Å². The van der Waals surface area contributed by atoms with Crippen LogP contribution in [0.4, 0.5) is 0 Å². The van der Waals surface area contributed by atoms with E-state index >= 15 is 0 Å². The first kappa shape index (κ1) is 14.6. The predicted molar refractivity (Wildman–Crippen MR) is 71.4 cm³/mol. The monoisotopic (exact) mass is 258 g/mol. The Bertz CT molecular complexity index is 280. The minimum atomic E-state index is -0.336. The topological polar surface area (TPSA) is 44.7 Å². The van der Waals surface area contributed by atoms with Gasteiger partial charge in [0.05, 0.1) is 12.7 Å². The van der Waals surface area contributed by atoms with E-state index in [-0.39, 0.29) is 6.10 Å². The maximum atomic E-state index is 9.81. The summed E-state index contributed by atoms with van der Waals surface area (Å²) in [5, 5.41) is 15.0. The summed E-state index contributed by atoms with van der Waals surface area (Å²) in [4.78, 5) is 3.46. The molecule has 0 spiro atoms. The lowest BCUT2D eigenvalue weighted by atomic mass is 10.3. The van der Waals surface area contributed by atoms with E-state index in [9.17, 15) is 5.11 Å². The summed E-state index contributed by atoms with van der Waals surface area (Å²) in [6.07, 6.45) is -0.336. The molecule has 0 aliphatic rings. The van der Waals surface area contributed by atoms with Crippen LogP contribution in [0.15, 0.2) is 17.5 Å². The average molecular weight is 258 g/mol. The molecule has 1 heterocycles. The van der Waals surface area contributed by atoms with Crippen molar-refractivity contribution in [1.29, 1.82) is 0 Å². The quantitative estimate of drug-likeness (QED) is 0.643. The Hall–Kier alpha value is -0.460. The predicted octanol–water partition coefficient (Wildman–Crippen LogP) is 0.777. The van der Waals surface area contributed by atoms with Crippen molar-refractivity contribution in [2.75, 3.05) is 40.4 Å². The molecule has 1 atom stereocenters. The Labute approximate surface area is 107 Å². The lowest BCUT2D eigenvalue weighted by Crippen LogP contribution is -2.37. The Kier molecular flexibility index (Phi) is 7.39. The Balaban J connectivity index is 2.10. The zero-order valence-corrected chi connectivity index (χ0v) is 11.4. The highest BCUT2D eigenvalue weighted by Gasteiger charge is 2.08. The van der Waals surface area contributed by atoms with E-state index in [0.29, 0.717) is 19.7 Å². The molecule has 0 radical (unpaired) electrons. The highest BCUT2D eigenvalue weighted by Crippen LogP contribution is 2.10. The molecule has 98 valence electrons. The molecular weight excluding hydrogens is 236 g/mol. The number of nitrogens with one attached hydrogen (secondary N) is 1. The molecular formula is C12H22N2O2S. The van der Waals surface area contributed by atoms with Crippen LogP contribution in [-0.2, 0) is 11.3 Å². The summed E-state index contributed by atoms with van der Waals surface area (Å²) in [6.45, 7) is 3.64. The number of hydrogen-bond acceptors (Lipinski definition) is 5. The van der Waals surface area contributed by atoms with Gasteiger partial charge in [-0.1, -0.05) is 6.07 Å². The maximum Gasteiger partial charge on any atom is 0.0791 e. The van der Waals surface area contributed by atoms with Crippen LogP contribution in [0.1, 0.15) is 4.88 Å². The van der Waals surface area contributed by atoms with Crippen molar-refractivity contribution in [3.63, 3.8) is 0 Å². The van der Waals surface area contributed by atoms with Crippen LogP contribution in [0.25, 0.3) is 0 Å². The molecule has 0 amide bonds. The molecule has 0 bridgehead atoms. The third-order valence-electron chi connectivity index (χ3n) is 2.39. The first-order valence-electron chi connectivity index (χ1n) is 5.81. The zero-order valence-electron chi connectivity index (χ0n) is 10.6. The second kappa shape index (κ2) is 8.60. The van der Waals surface area contributed by atoms with Crippen molar-refractivity contribution in [3.05, 3.63) is 22.4 Å². The number of aliphatic hydroxyl groups is 1. The van der Waals surface area contributed by atoms with Gasteiger partial charge in [0.1, 0.15) is 0 Å². The van der Waals surface area contributed by atoms with E-state index < -0.39 is 0 Å². The van der Waals surface area contributed by atoms with Gasteiger partial charge < -0.3 is 15.2 Å². The van der Waals surface area contributed by atoms with Gasteiger partial charge in [-0.3, -0.25) is 4.90 Å². The summed E-state index contributed by atoms with van der Waals surface area (Å²) < 4.78 is 4.92. The van der Waals surface area contributed by atoms with Crippen LogP contribution in [0.2, 0.25) is 0 Å². The Morgan fingerprint density at radius 3 is 3.06 bits per heavy atom. The molecule has 4 nitrogen and oxygen atoms in total. The molecule has 1 aromatic rings. The fraction of sp³-hybridized carbons (Fsp3) is 0.667. The van der Waals surface area contributed by atoms with Crippen LogP contribution in [0.3, 0.4) is 0 Å². The highest BCUT2D eigenvalue weighted by molar-refractivity contribution is 7.09. The van der Waals surface area contributed by atoms with Gasteiger partial charge in [0, 0.05) is 38.2 Å². The first-order valence-corrected chi connectivity index (χ1v) is 6.69. The lowest BCUT2D eigenvalue weighted by Gasteiger charge is -2.20. The molecule has 0 fully saturated rings. The molecule has 0 aliphatic heterocycles. The number of likely N-dealkylation sites (N-methyl/N-ethyl adjacent to an activating group) is 1. The summed E-state index contributed by atoms with van der Waals surface area (Å²) in [5.74, 6) is 0. The van der Waals surface area contributed by atoms with Crippen LogP contribution in [-0.4, -0.2) is 56.5 Å². The van der Waals surface area contributed by atoms with E-state index in [1.54, 1.807) is 18.4 Å². The van der Waals surface area contributed by atoms with Gasteiger partial charge in [-0.25, -0.2) is 0 Å². The Morgan fingerprint density at radius 2 is 2.41 bits per heavy atom. The highest BCUT2D eigenvalue weighted by atomic mass is 32.1. The minimum Gasteiger partial charge on any atom is -0.390 e. The van der Waals surface area contributed by atoms with Gasteiger partial charge >= 0.3 is 0 Å². The van der Waals surface area contributed by atoms with Crippen molar-refractivity contribution >= 4 is 11.3 Å². The lowest BCUT2D eigenvalue weighted by molar-refractivity contribution is 0.118. The van der Waals surface area contributed by atoms with Gasteiger partial charge in [-0.15, -0.1) is 11.3 Å². The minimum absolute atomic E-state index is 0.336. The molecule has 1 aromatic heterocycles. The van der Waals surface area contributed by atoms with Crippen molar-refractivity contribution in [2.24, 2.45) is 0 Å². The van der Waals surface area contributed by atoms with E-state index in [0.717, 1.165) is 13.1 Å². The van der Waals surface area contributed by atoms with E-state index in [1.807, 2.05) is 7.05 Å². The number of rotatable bonds is 9. The fourth-order valence-corrected chi connectivity index (χ4v) is 2.38. The number of methoxy groups -OCH3 is 1. The fourth-order valence-electron chi connectivity index (χ4n) is 1.60. The molecule has 5 heteroatoms. The van der Waals surface area contributed by atoms with Crippen molar-refractivity contribution in [3.8, 4) is 0 Å². The summed E-state index contributed by atoms with van der Waals surface area (Å²) in [7, 11) is 3.70. The summed E-state index contributed by atoms with van der Waals surface area (Å²) >= 11 is 1.75. The van der Waals surface area contributed by atoms with Crippen molar-refractivity contribution < 1.29 is 9.84 Å². The standard InChI is InChI=1S/C12H22N2O2S/c1-14(10-12-4-3-7-17-12)9-11(15)8-13-5-6-16-2/h3-4,7,11,13,15H,5-6,8-10H2,1-2H3. The van der Waals surface area contributed by atoms with E-state index in [1.165, 1.54) is 4.88 Å². The maximum absolute atomic E-state index is 9.81. The van der Waals surface area contributed by atoms with Crippen LogP contribution in [0.5, 0.6) is 0 Å². The van der Waals surface area contributed by atoms with Gasteiger partial charge in [0.2, 0.25) is 0 Å². The molecule has 0 saturated heterocycles. The molecule has 1 rings (SSSR count). The van der Waals surface area contributed by atoms with E-state index in [2.05, 4.69) is 27.7 Å². The van der Waals surface area contributed by atoms with Crippen molar-refractivity contribution in [2.45, 2.75) is 12.6 Å². The third-order valence-corrected chi connectivity index (χ3v) is 3.25. The first-order chi connectivity index (χ1) is 8.22. The smallest absolute Gasteiger partial charge is 0.0791 e. The number of ether oxygens (including phenoxy) is 1. The SMILES string of the molecule is COCCNCC(O)CN(C)Cc1cccs1. The number of hydrogen-bond donors (Lipinski definition) is 2. The molecule has 17 heavy (non-hydrogen) atoms. The number of nitrogens with zero attached hydrogens (tertiary/aromatic N) is 1. The van der Waals surface area contributed by atoms with Crippen molar-refractivity contribution in [1.82, 2.24) is 10.2 Å². The van der Waals surface area contributed by atoms with Crippen LogP contribution < -0.4 is 5.32 Å². The molecule has 0 aromatic carbocycles. The van der Waals surface area contributed by atoms with Crippen LogP contribution >= 0.6 is 11.3 Å². The number of thiophene rings is 1. The molecule has 2 N–H and O–H groups in total. The average Bonchev–Trinajstić information content (AvgIpc) is 2.77. The second-order valence-electron chi connectivity index (χ2n) is 4.13. The molecule has 0 saturated carbocycles. The summed E-state index contributed by atoms with van der Waals surface area (Å²) in [5.41, 5.74) is 0. The third kappa shape index (κ3) is 6.75. The van der Waals surface area contributed by atoms with Gasteiger partial charge in [0.15, 0.2) is 0 Å². The second-order valence-corrected chi connectivity index (χ2v) is 5.16. The van der Waals surface area contributed by atoms with Gasteiger partial charge in [-0.2, -0.15) is 0 Å². The van der Waals surface area contributed by atoms with E-state index in [4.69, 9.17) is 4.74 Å². The van der Waals surface area contributed by atoms with Gasteiger partial charge in [0.25, 0.3) is 0 Å². The zero-order chi connectivity index (χ0) is 12.5.